The SMILES string of the molecule is CCOc1cccc(CNC(=O)CN(c2ccc(F)cc2)S(=O)(=O)c2ccccc2)c1. The van der Waals surface area contributed by atoms with E-state index in [4.69, 9.17) is 4.74 Å². The van der Waals surface area contributed by atoms with E-state index in [1.54, 1.807) is 18.2 Å². The quantitative estimate of drug-likeness (QED) is 0.548. The lowest BCUT2D eigenvalue weighted by Crippen LogP contribution is -2.40. The summed E-state index contributed by atoms with van der Waals surface area (Å²) in [6.45, 7) is 2.17. The second kappa shape index (κ2) is 10.1. The Morgan fingerprint density at radius 2 is 1.71 bits per heavy atom. The highest BCUT2D eigenvalue weighted by Gasteiger charge is 2.27. The van der Waals surface area contributed by atoms with Gasteiger partial charge in [-0.05, 0) is 61.0 Å². The maximum Gasteiger partial charge on any atom is 0.264 e. The van der Waals surface area contributed by atoms with Crippen LogP contribution in [0.25, 0.3) is 0 Å². The molecule has 0 aliphatic carbocycles. The van der Waals surface area contributed by atoms with Crippen molar-refractivity contribution in [2.24, 2.45) is 0 Å². The van der Waals surface area contributed by atoms with Crippen LogP contribution < -0.4 is 14.4 Å². The van der Waals surface area contributed by atoms with E-state index in [1.165, 1.54) is 24.3 Å². The summed E-state index contributed by atoms with van der Waals surface area (Å²) in [7, 11) is -4.03. The van der Waals surface area contributed by atoms with Gasteiger partial charge in [0, 0.05) is 6.54 Å². The number of nitrogens with zero attached hydrogens (tertiary/aromatic N) is 1. The molecule has 0 atom stereocenters. The molecule has 1 amide bonds. The Morgan fingerprint density at radius 1 is 1.00 bits per heavy atom. The fourth-order valence-corrected chi connectivity index (χ4v) is 4.38. The zero-order chi connectivity index (χ0) is 22.3. The number of hydrogen-bond acceptors (Lipinski definition) is 4. The number of hydrogen-bond donors (Lipinski definition) is 1. The van der Waals surface area contributed by atoms with Gasteiger partial charge in [-0.15, -0.1) is 0 Å². The molecule has 0 saturated carbocycles. The van der Waals surface area contributed by atoms with Crippen LogP contribution in [-0.4, -0.2) is 27.5 Å². The zero-order valence-corrected chi connectivity index (χ0v) is 17.8. The van der Waals surface area contributed by atoms with Crippen molar-refractivity contribution in [3.8, 4) is 5.75 Å². The van der Waals surface area contributed by atoms with E-state index in [0.717, 1.165) is 22.0 Å². The average Bonchev–Trinajstić information content (AvgIpc) is 2.78. The number of ether oxygens (including phenoxy) is 1. The Labute approximate surface area is 181 Å². The molecule has 0 aliphatic heterocycles. The van der Waals surface area contributed by atoms with Crippen LogP contribution in [0.3, 0.4) is 0 Å². The van der Waals surface area contributed by atoms with E-state index >= 15 is 0 Å². The van der Waals surface area contributed by atoms with Gasteiger partial charge in [0.2, 0.25) is 5.91 Å². The molecule has 0 spiro atoms. The second-order valence-corrected chi connectivity index (χ2v) is 8.52. The molecular weight excluding hydrogens is 419 g/mol. The smallest absolute Gasteiger partial charge is 0.264 e. The minimum Gasteiger partial charge on any atom is -0.494 e. The number of amides is 1. The van der Waals surface area contributed by atoms with Crippen LogP contribution >= 0.6 is 0 Å². The van der Waals surface area contributed by atoms with Crippen molar-refractivity contribution in [3.63, 3.8) is 0 Å². The average molecular weight is 443 g/mol. The molecule has 3 rings (SSSR count). The maximum atomic E-state index is 13.4. The van der Waals surface area contributed by atoms with Gasteiger partial charge in [-0.3, -0.25) is 9.10 Å². The van der Waals surface area contributed by atoms with Crippen molar-refractivity contribution in [3.05, 3.63) is 90.2 Å². The van der Waals surface area contributed by atoms with Crippen molar-refractivity contribution in [2.45, 2.75) is 18.4 Å². The number of halogens is 1. The highest BCUT2D eigenvalue weighted by Crippen LogP contribution is 2.23. The third-order valence-electron chi connectivity index (χ3n) is 4.43. The molecule has 0 aliphatic rings. The second-order valence-electron chi connectivity index (χ2n) is 6.66. The van der Waals surface area contributed by atoms with Crippen molar-refractivity contribution in [2.75, 3.05) is 17.5 Å². The third kappa shape index (κ3) is 5.82. The highest BCUT2D eigenvalue weighted by atomic mass is 32.2. The molecule has 0 bridgehead atoms. The lowest BCUT2D eigenvalue weighted by molar-refractivity contribution is -0.119. The van der Waals surface area contributed by atoms with Gasteiger partial charge in [0.25, 0.3) is 10.0 Å². The first-order valence-corrected chi connectivity index (χ1v) is 11.2. The van der Waals surface area contributed by atoms with E-state index < -0.39 is 28.3 Å². The number of benzene rings is 3. The highest BCUT2D eigenvalue weighted by molar-refractivity contribution is 7.92. The zero-order valence-electron chi connectivity index (χ0n) is 17.0. The van der Waals surface area contributed by atoms with Gasteiger partial charge in [0.1, 0.15) is 18.1 Å². The normalized spacial score (nSPS) is 11.0. The van der Waals surface area contributed by atoms with Crippen LogP contribution in [0.5, 0.6) is 5.75 Å². The van der Waals surface area contributed by atoms with Crippen LogP contribution in [-0.2, 0) is 21.4 Å². The fraction of sp³-hybridized carbons (Fsp3) is 0.174. The first-order valence-electron chi connectivity index (χ1n) is 9.72. The molecule has 31 heavy (non-hydrogen) atoms. The summed E-state index contributed by atoms with van der Waals surface area (Å²) in [5.74, 6) is -0.307. The van der Waals surface area contributed by atoms with Gasteiger partial charge in [0.15, 0.2) is 0 Å². The first-order chi connectivity index (χ1) is 14.9. The van der Waals surface area contributed by atoms with Crippen LogP contribution in [0, 0.1) is 5.82 Å². The lowest BCUT2D eigenvalue weighted by atomic mass is 10.2. The Hall–Kier alpha value is -3.39. The molecule has 1 N–H and O–H groups in total. The van der Waals surface area contributed by atoms with Gasteiger partial charge < -0.3 is 10.1 Å². The lowest BCUT2D eigenvalue weighted by Gasteiger charge is -2.24. The summed E-state index contributed by atoms with van der Waals surface area (Å²) in [5.41, 5.74) is 1.01. The Morgan fingerprint density at radius 3 is 2.39 bits per heavy atom. The van der Waals surface area contributed by atoms with Gasteiger partial charge in [0.05, 0.1) is 17.2 Å². The summed E-state index contributed by atoms with van der Waals surface area (Å²) in [6.07, 6.45) is 0. The summed E-state index contributed by atoms with van der Waals surface area (Å²) in [4.78, 5) is 12.7. The Bertz CT molecular complexity index is 1120. The van der Waals surface area contributed by atoms with Crippen molar-refractivity contribution in [1.82, 2.24) is 5.32 Å². The topological polar surface area (TPSA) is 75.7 Å². The molecule has 162 valence electrons. The van der Waals surface area contributed by atoms with E-state index in [9.17, 15) is 17.6 Å². The predicted molar refractivity (Wildman–Crippen MR) is 117 cm³/mol. The molecule has 0 radical (unpaired) electrons. The standard InChI is InChI=1S/C23H23FN2O4S/c1-2-30-21-8-6-7-18(15-21)16-25-23(27)17-26(20-13-11-19(24)12-14-20)31(28,29)22-9-4-3-5-10-22/h3-15H,2,16-17H2,1H3,(H,25,27). The molecule has 0 saturated heterocycles. The van der Waals surface area contributed by atoms with Gasteiger partial charge in [-0.25, -0.2) is 12.8 Å². The number of carbonyl (C=O) groups is 1. The van der Waals surface area contributed by atoms with Crippen LogP contribution in [0.1, 0.15) is 12.5 Å². The summed E-state index contributed by atoms with van der Waals surface area (Å²) in [6, 6.07) is 20.0. The van der Waals surface area contributed by atoms with Crippen molar-refractivity contribution < 1.29 is 22.3 Å². The molecule has 8 heteroatoms. The predicted octanol–water partition coefficient (Wildman–Crippen LogP) is 3.74. The molecule has 0 heterocycles. The summed E-state index contributed by atoms with van der Waals surface area (Å²) < 4.78 is 46.1. The molecule has 0 unspecified atom stereocenters. The van der Waals surface area contributed by atoms with Crippen molar-refractivity contribution in [1.29, 1.82) is 0 Å². The molecule has 6 nitrogen and oxygen atoms in total. The molecule has 0 fully saturated rings. The number of sulfonamides is 1. The van der Waals surface area contributed by atoms with Crippen LogP contribution in [0.15, 0.2) is 83.8 Å². The number of carbonyl (C=O) groups excluding carboxylic acids is 1. The molecule has 0 aromatic heterocycles. The summed E-state index contributed by atoms with van der Waals surface area (Å²) in [5, 5.41) is 2.73. The maximum absolute atomic E-state index is 13.4. The van der Waals surface area contributed by atoms with E-state index in [-0.39, 0.29) is 17.1 Å². The number of rotatable bonds is 9. The van der Waals surface area contributed by atoms with Crippen LogP contribution in [0.4, 0.5) is 10.1 Å². The first kappa shape index (κ1) is 22.3. The minimum absolute atomic E-state index is 0.0385. The van der Waals surface area contributed by atoms with Gasteiger partial charge >= 0.3 is 0 Å². The molecule has 3 aromatic rings. The molecular formula is C23H23FN2O4S. The largest absolute Gasteiger partial charge is 0.494 e. The van der Waals surface area contributed by atoms with Crippen molar-refractivity contribution >= 4 is 21.6 Å². The Balaban J connectivity index is 1.79. The monoisotopic (exact) mass is 442 g/mol. The fourth-order valence-electron chi connectivity index (χ4n) is 2.94. The van der Waals surface area contributed by atoms with E-state index in [2.05, 4.69) is 5.32 Å². The minimum atomic E-state index is -4.03. The molecule has 3 aromatic carbocycles. The van der Waals surface area contributed by atoms with Gasteiger partial charge in [-0.2, -0.15) is 0 Å². The van der Waals surface area contributed by atoms with Crippen LogP contribution in [0.2, 0.25) is 0 Å². The van der Waals surface area contributed by atoms with E-state index in [0.29, 0.717) is 12.4 Å². The number of anilines is 1. The Kier molecular flexibility index (Phi) is 7.25. The van der Waals surface area contributed by atoms with E-state index in [1.807, 2.05) is 31.2 Å². The third-order valence-corrected chi connectivity index (χ3v) is 6.22. The van der Waals surface area contributed by atoms with Gasteiger partial charge in [-0.1, -0.05) is 30.3 Å². The summed E-state index contributed by atoms with van der Waals surface area (Å²) >= 11 is 0. The number of nitrogens with one attached hydrogen (secondary N) is 1.